The molecule has 1 spiro atoms. The van der Waals surface area contributed by atoms with E-state index in [0.29, 0.717) is 5.41 Å². The molecule has 0 aromatic carbocycles. The molecule has 0 bridgehead atoms. The topological polar surface area (TPSA) is 32.8 Å². The zero-order valence-corrected chi connectivity index (χ0v) is 13.6. The predicted molar refractivity (Wildman–Crippen MR) is 80.8 cm³/mol. The van der Waals surface area contributed by atoms with Gasteiger partial charge in [0.25, 0.3) is 0 Å². The number of ether oxygens (including phenoxy) is 1. The van der Waals surface area contributed by atoms with Crippen molar-refractivity contribution >= 4 is 6.09 Å². The Bertz CT molecular complexity index is 347. The number of nitrogens with zero attached hydrogens (tertiary/aromatic N) is 2. The lowest BCUT2D eigenvalue weighted by Crippen LogP contribution is -2.54. The van der Waals surface area contributed by atoms with Gasteiger partial charge in [-0.25, -0.2) is 4.79 Å². The van der Waals surface area contributed by atoms with Crippen LogP contribution in [0.3, 0.4) is 0 Å². The molecular weight excluding hydrogens is 252 g/mol. The normalized spacial score (nSPS) is 28.7. The fourth-order valence-electron chi connectivity index (χ4n) is 3.60. The number of rotatable bonds is 1. The summed E-state index contributed by atoms with van der Waals surface area (Å²) in [4.78, 5) is 16.7. The predicted octanol–water partition coefficient (Wildman–Crippen LogP) is 3.12. The highest BCUT2D eigenvalue weighted by molar-refractivity contribution is 5.68. The lowest BCUT2D eigenvalue weighted by molar-refractivity contribution is -0.0148. The molecule has 2 aliphatic rings. The lowest BCUT2D eigenvalue weighted by atomic mass is 9.74. The summed E-state index contributed by atoms with van der Waals surface area (Å²) in [6, 6.07) is 0. The molecule has 1 unspecified atom stereocenters. The van der Waals surface area contributed by atoms with Gasteiger partial charge in [0.1, 0.15) is 5.60 Å². The monoisotopic (exact) mass is 282 g/mol. The average molecular weight is 282 g/mol. The largest absolute Gasteiger partial charge is 0.444 e. The summed E-state index contributed by atoms with van der Waals surface area (Å²) in [7, 11) is 0. The molecule has 2 fully saturated rings. The van der Waals surface area contributed by atoms with E-state index >= 15 is 0 Å². The molecule has 4 nitrogen and oxygen atoms in total. The molecule has 2 heterocycles. The Balaban J connectivity index is 1.99. The first-order chi connectivity index (χ1) is 9.34. The molecule has 0 radical (unpaired) electrons. The minimum absolute atomic E-state index is 0.134. The Morgan fingerprint density at radius 1 is 1.15 bits per heavy atom. The van der Waals surface area contributed by atoms with Crippen LogP contribution in [-0.4, -0.2) is 54.2 Å². The molecule has 1 atom stereocenters. The van der Waals surface area contributed by atoms with Crippen LogP contribution in [0.15, 0.2) is 0 Å². The van der Waals surface area contributed by atoms with Gasteiger partial charge < -0.3 is 14.5 Å². The standard InChI is InChI=1S/C16H30N2O2/c1-5-17-10-6-8-16(12-17)9-7-11-18(13-16)14(19)20-15(2,3)4/h5-13H2,1-4H3. The maximum atomic E-state index is 12.3. The van der Waals surface area contributed by atoms with Crippen molar-refractivity contribution in [2.24, 2.45) is 5.41 Å². The van der Waals surface area contributed by atoms with Gasteiger partial charge in [0.15, 0.2) is 0 Å². The number of likely N-dealkylation sites (tertiary alicyclic amines) is 2. The average Bonchev–Trinajstić information content (AvgIpc) is 2.37. The molecule has 0 aliphatic carbocycles. The minimum atomic E-state index is -0.399. The van der Waals surface area contributed by atoms with Crippen LogP contribution in [0.1, 0.15) is 53.4 Å². The first-order valence-electron chi connectivity index (χ1n) is 8.04. The zero-order chi connectivity index (χ0) is 14.8. The molecule has 2 aliphatic heterocycles. The Hall–Kier alpha value is -0.770. The van der Waals surface area contributed by atoms with E-state index in [0.717, 1.165) is 32.6 Å². The Labute approximate surface area is 123 Å². The van der Waals surface area contributed by atoms with E-state index in [1.54, 1.807) is 0 Å². The Morgan fingerprint density at radius 2 is 1.80 bits per heavy atom. The molecule has 2 rings (SSSR count). The van der Waals surface area contributed by atoms with Crippen LogP contribution in [0.2, 0.25) is 0 Å². The van der Waals surface area contributed by atoms with Crippen molar-refractivity contribution in [1.29, 1.82) is 0 Å². The van der Waals surface area contributed by atoms with Crippen molar-refractivity contribution in [2.75, 3.05) is 32.7 Å². The van der Waals surface area contributed by atoms with E-state index in [9.17, 15) is 4.79 Å². The third-order valence-corrected chi connectivity index (χ3v) is 4.50. The van der Waals surface area contributed by atoms with E-state index in [1.165, 1.54) is 25.8 Å². The quantitative estimate of drug-likeness (QED) is 0.741. The first kappa shape index (κ1) is 15.6. The number of piperidine rings is 2. The van der Waals surface area contributed by atoms with E-state index in [-0.39, 0.29) is 6.09 Å². The van der Waals surface area contributed by atoms with Gasteiger partial charge in [0.2, 0.25) is 0 Å². The molecule has 20 heavy (non-hydrogen) atoms. The van der Waals surface area contributed by atoms with E-state index < -0.39 is 5.60 Å². The van der Waals surface area contributed by atoms with Crippen LogP contribution in [0.5, 0.6) is 0 Å². The number of hydrogen-bond donors (Lipinski definition) is 0. The van der Waals surface area contributed by atoms with Crippen LogP contribution in [0.25, 0.3) is 0 Å². The van der Waals surface area contributed by atoms with Gasteiger partial charge in [-0.1, -0.05) is 6.92 Å². The molecule has 4 heteroatoms. The lowest BCUT2D eigenvalue weighted by Gasteiger charge is -2.48. The molecule has 1 amide bonds. The van der Waals surface area contributed by atoms with Crippen molar-refractivity contribution in [3.05, 3.63) is 0 Å². The summed E-state index contributed by atoms with van der Waals surface area (Å²) in [5, 5.41) is 0. The molecule has 0 aromatic rings. The second kappa shape index (κ2) is 5.92. The van der Waals surface area contributed by atoms with Crippen LogP contribution in [0, 0.1) is 5.41 Å². The smallest absolute Gasteiger partial charge is 0.410 e. The van der Waals surface area contributed by atoms with Crippen molar-refractivity contribution in [1.82, 2.24) is 9.80 Å². The van der Waals surface area contributed by atoms with Crippen molar-refractivity contribution < 1.29 is 9.53 Å². The second-order valence-corrected chi connectivity index (χ2v) is 7.48. The van der Waals surface area contributed by atoms with Gasteiger partial charge in [-0.2, -0.15) is 0 Å². The SMILES string of the molecule is CCN1CCCC2(CCCN(C(=O)OC(C)(C)C)C2)C1. The second-order valence-electron chi connectivity index (χ2n) is 7.48. The van der Waals surface area contributed by atoms with Crippen LogP contribution >= 0.6 is 0 Å². The van der Waals surface area contributed by atoms with Crippen molar-refractivity contribution in [3.63, 3.8) is 0 Å². The summed E-state index contributed by atoms with van der Waals surface area (Å²) in [6.45, 7) is 13.2. The maximum absolute atomic E-state index is 12.3. The van der Waals surface area contributed by atoms with Gasteiger partial charge in [-0.05, 0) is 59.5 Å². The van der Waals surface area contributed by atoms with Crippen LogP contribution < -0.4 is 0 Å². The third kappa shape index (κ3) is 3.87. The molecule has 2 saturated heterocycles. The highest BCUT2D eigenvalue weighted by Crippen LogP contribution is 2.38. The maximum Gasteiger partial charge on any atom is 0.410 e. The Kier molecular flexibility index (Phi) is 4.62. The van der Waals surface area contributed by atoms with E-state index in [2.05, 4.69) is 11.8 Å². The Morgan fingerprint density at radius 3 is 2.40 bits per heavy atom. The summed E-state index contributed by atoms with van der Waals surface area (Å²) in [5.74, 6) is 0. The van der Waals surface area contributed by atoms with Crippen molar-refractivity contribution in [2.45, 2.75) is 59.0 Å². The summed E-state index contributed by atoms with van der Waals surface area (Å²) >= 11 is 0. The number of carbonyl (C=O) groups excluding carboxylic acids is 1. The highest BCUT2D eigenvalue weighted by atomic mass is 16.6. The summed E-state index contributed by atoms with van der Waals surface area (Å²) in [6.07, 6.45) is 4.74. The fourth-order valence-corrected chi connectivity index (χ4v) is 3.60. The number of hydrogen-bond acceptors (Lipinski definition) is 3. The third-order valence-electron chi connectivity index (χ3n) is 4.50. The van der Waals surface area contributed by atoms with Gasteiger partial charge in [0, 0.05) is 25.0 Å². The van der Waals surface area contributed by atoms with Gasteiger partial charge in [0.05, 0.1) is 0 Å². The van der Waals surface area contributed by atoms with Crippen molar-refractivity contribution in [3.8, 4) is 0 Å². The summed E-state index contributed by atoms with van der Waals surface area (Å²) in [5.41, 5.74) is -0.0902. The van der Waals surface area contributed by atoms with Gasteiger partial charge in [-0.3, -0.25) is 0 Å². The minimum Gasteiger partial charge on any atom is -0.444 e. The number of carbonyl (C=O) groups is 1. The first-order valence-corrected chi connectivity index (χ1v) is 8.04. The molecular formula is C16H30N2O2. The highest BCUT2D eigenvalue weighted by Gasteiger charge is 2.40. The number of amides is 1. The fraction of sp³-hybridized carbons (Fsp3) is 0.938. The molecule has 0 saturated carbocycles. The molecule has 0 N–H and O–H groups in total. The summed E-state index contributed by atoms with van der Waals surface area (Å²) < 4.78 is 5.54. The van der Waals surface area contributed by atoms with Crippen LogP contribution in [-0.2, 0) is 4.74 Å². The van der Waals surface area contributed by atoms with E-state index in [4.69, 9.17) is 4.74 Å². The van der Waals surface area contributed by atoms with E-state index in [1.807, 2.05) is 25.7 Å². The van der Waals surface area contributed by atoms with Gasteiger partial charge >= 0.3 is 6.09 Å². The molecule has 0 aromatic heterocycles. The van der Waals surface area contributed by atoms with Crippen LogP contribution in [0.4, 0.5) is 4.79 Å². The molecule has 116 valence electrons. The zero-order valence-electron chi connectivity index (χ0n) is 13.6. The van der Waals surface area contributed by atoms with Gasteiger partial charge in [-0.15, -0.1) is 0 Å².